The first kappa shape index (κ1) is 20.4. The van der Waals surface area contributed by atoms with Crippen molar-refractivity contribution in [3.05, 3.63) is 94.5 Å². The first-order valence-corrected chi connectivity index (χ1v) is 9.51. The summed E-state index contributed by atoms with van der Waals surface area (Å²) in [5, 5.41) is 6.37. The van der Waals surface area contributed by atoms with Gasteiger partial charge in [-0.05, 0) is 60.5 Å². The van der Waals surface area contributed by atoms with Crippen LogP contribution in [-0.2, 0) is 6.42 Å². The third-order valence-corrected chi connectivity index (χ3v) is 4.64. The maximum atomic E-state index is 12.6. The maximum Gasteiger partial charge on any atom is 0.255 e. The fraction of sp³-hybridized carbons (Fsp3) is 0.130. The zero-order valence-electron chi connectivity index (χ0n) is 15.9. The monoisotopic (exact) mass is 408 g/mol. The number of halogens is 1. The number of carbonyl (C=O) groups is 2. The summed E-state index contributed by atoms with van der Waals surface area (Å²) in [4.78, 5) is 25.1. The summed E-state index contributed by atoms with van der Waals surface area (Å²) < 4.78 is 5.10. The Morgan fingerprint density at radius 1 is 0.897 bits per heavy atom. The van der Waals surface area contributed by atoms with Gasteiger partial charge >= 0.3 is 0 Å². The standard InChI is InChI=1S/C23H21ClN2O3/c1-29-19-12-8-17(9-13-19)22(27)26-21-5-3-2-4-20(21)23(28)25-15-14-16-6-10-18(24)11-7-16/h2-13H,14-15H2,1H3,(H,25,28)(H,26,27). The molecule has 0 saturated heterocycles. The first-order valence-electron chi connectivity index (χ1n) is 9.14. The topological polar surface area (TPSA) is 67.4 Å². The van der Waals surface area contributed by atoms with Crippen LogP contribution in [0.3, 0.4) is 0 Å². The maximum absolute atomic E-state index is 12.6. The third kappa shape index (κ3) is 5.59. The molecule has 0 aromatic heterocycles. The van der Waals surface area contributed by atoms with Gasteiger partial charge in [0, 0.05) is 17.1 Å². The molecule has 0 unspecified atom stereocenters. The molecule has 29 heavy (non-hydrogen) atoms. The van der Waals surface area contributed by atoms with Crippen molar-refractivity contribution < 1.29 is 14.3 Å². The molecule has 3 aromatic carbocycles. The summed E-state index contributed by atoms with van der Waals surface area (Å²) in [5.41, 5.74) is 2.42. The van der Waals surface area contributed by atoms with Crippen LogP contribution in [0.2, 0.25) is 5.02 Å². The lowest BCUT2D eigenvalue weighted by Gasteiger charge is -2.12. The van der Waals surface area contributed by atoms with Crippen LogP contribution in [-0.4, -0.2) is 25.5 Å². The van der Waals surface area contributed by atoms with E-state index in [1.807, 2.05) is 24.3 Å². The van der Waals surface area contributed by atoms with Gasteiger partial charge in [0.15, 0.2) is 0 Å². The quantitative estimate of drug-likeness (QED) is 0.601. The summed E-state index contributed by atoms with van der Waals surface area (Å²) >= 11 is 5.88. The van der Waals surface area contributed by atoms with Crippen molar-refractivity contribution in [1.29, 1.82) is 0 Å². The minimum Gasteiger partial charge on any atom is -0.497 e. The van der Waals surface area contributed by atoms with Gasteiger partial charge in [-0.3, -0.25) is 9.59 Å². The Hall–Kier alpha value is -3.31. The zero-order chi connectivity index (χ0) is 20.6. The van der Waals surface area contributed by atoms with Gasteiger partial charge in [0.2, 0.25) is 0 Å². The number of hydrogen-bond donors (Lipinski definition) is 2. The molecule has 6 heteroatoms. The van der Waals surface area contributed by atoms with Crippen molar-refractivity contribution >= 4 is 29.1 Å². The third-order valence-electron chi connectivity index (χ3n) is 4.38. The number of methoxy groups -OCH3 is 1. The molecule has 2 amide bonds. The first-order chi connectivity index (χ1) is 14.1. The molecule has 0 saturated carbocycles. The van der Waals surface area contributed by atoms with Crippen LogP contribution in [0.5, 0.6) is 5.75 Å². The molecule has 2 N–H and O–H groups in total. The Labute approximate surface area is 174 Å². The van der Waals surface area contributed by atoms with Crippen molar-refractivity contribution in [2.75, 3.05) is 19.0 Å². The lowest BCUT2D eigenvalue weighted by molar-refractivity contribution is 0.0955. The molecular weight excluding hydrogens is 388 g/mol. The van der Waals surface area contributed by atoms with Crippen molar-refractivity contribution in [2.24, 2.45) is 0 Å². The van der Waals surface area contributed by atoms with Gasteiger partial charge < -0.3 is 15.4 Å². The zero-order valence-corrected chi connectivity index (χ0v) is 16.7. The van der Waals surface area contributed by atoms with Crippen LogP contribution in [0.1, 0.15) is 26.3 Å². The van der Waals surface area contributed by atoms with Crippen LogP contribution in [0.4, 0.5) is 5.69 Å². The highest BCUT2D eigenvalue weighted by Crippen LogP contribution is 2.18. The van der Waals surface area contributed by atoms with E-state index in [4.69, 9.17) is 16.3 Å². The largest absolute Gasteiger partial charge is 0.497 e. The van der Waals surface area contributed by atoms with Gasteiger partial charge in [0.25, 0.3) is 11.8 Å². The van der Waals surface area contributed by atoms with E-state index in [2.05, 4.69) is 10.6 Å². The molecule has 0 heterocycles. The predicted octanol–water partition coefficient (Wildman–Crippen LogP) is 4.57. The van der Waals surface area contributed by atoms with Crippen LogP contribution in [0.25, 0.3) is 0 Å². The second-order valence-electron chi connectivity index (χ2n) is 6.36. The van der Waals surface area contributed by atoms with E-state index in [0.29, 0.717) is 40.6 Å². The molecule has 3 rings (SSSR count). The van der Waals surface area contributed by atoms with E-state index < -0.39 is 0 Å². The summed E-state index contributed by atoms with van der Waals surface area (Å²) in [6.45, 7) is 0.473. The predicted molar refractivity (Wildman–Crippen MR) is 115 cm³/mol. The molecule has 0 fully saturated rings. The molecule has 0 atom stereocenters. The number of carbonyl (C=O) groups excluding carboxylic acids is 2. The van der Waals surface area contributed by atoms with Gasteiger partial charge in [0.1, 0.15) is 5.75 Å². The average molecular weight is 409 g/mol. The average Bonchev–Trinajstić information content (AvgIpc) is 2.75. The smallest absolute Gasteiger partial charge is 0.255 e. The number of benzene rings is 3. The fourth-order valence-corrected chi connectivity index (χ4v) is 2.92. The summed E-state index contributed by atoms with van der Waals surface area (Å²) in [6.07, 6.45) is 0.684. The highest BCUT2D eigenvalue weighted by Gasteiger charge is 2.14. The minimum absolute atomic E-state index is 0.246. The minimum atomic E-state index is -0.297. The number of rotatable bonds is 7. The highest BCUT2D eigenvalue weighted by molar-refractivity contribution is 6.30. The lowest BCUT2D eigenvalue weighted by atomic mass is 10.1. The van der Waals surface area contributed by atoms with Gasteiger partial charge in [-0.15, -0.1) is 0 Å². The van der Waals surface area contributed by atoms with Crippen molar-refractivity contribution in [2.45, 2.75) is 6.42 Å². The molecule has 148 valence electrons. The van der Waals surface area contributed by atoms with E-state index >= 15 is 0 Å². The normalized spacial score (nSPS) is 10.3. The van der Waals surface area contributed by atoms with Crippen LogP contribution >= 0.6 is 11.6 Å². The molecule has 0 aliphatic heterocycles. The molecule has 3 aromatic rings. The van der Waals surface area contributed by atoms with E-state index in [1.165, 1.54) is 0 Å². The molecule has 0 aliphatic carbocycles. The number of hydrogen-bond acceptors (Lipinski definition) is 3. The number of amides is 2. The number of para-hydroxylation sites is 1. The summed E-state index contributed by atoms with van der Waals surface area (Å²) in [7, 11) is 1.57. The number of anilines is 1. The van der Waals surface area contributed by atoms with Gasteiger partial charge in [-0.25, -0.2) is 0 Å². The Morgan fingerprint density at radius 2 is 1.59 bits per heavy atom. The number of ether oxygens (including phenoxy) is 1. The Bertz CT molecular complexity index is 986. The highest BCUT2D eigenvalue weighted by atomic mass is 35.5. The van der Waals surface area contributed by atoms with Crippen molar-refractivity contribution in [1.82, 2.24) is 5.32 Å². The SMILES string of the molecule is COc1ccc(C(=O)Nc2ccccc2C(=O)NCCc2ccc(Cl)cc2)cc1. The second kappa shape index (κ2) is 9.75. The lowest BCUT2D eigenvalue weighted by Crippen LogP contribution is -2.27. The Morgan fingerprint density at radius 3 is 2.28 bits per heavy atom. The van der Waals surface area contributed by atoms with Gasteiger partial charge in [-0.1, -0.05) is 35.9 Å². The number of nitrogens with one attached hydrogen (secondary N) is 2. The fourth-order valence-electron chi connectivity index (χ4n) is 2.79. The molecule has 0 bridgehead atoms. The van der Waals surface area contributed by atoms with Gasteiger partial charge in [-0.2, -0.15) is 0 Å². The van der Waals surface area contributed by atoms with Crippen LogP contribution in [0, 0.1) is 0 Å². The summed E-state index contributed by atoms with van der Waals surface area (Å²) in [5.74, 6) is 0.126. The Kier molecular flexibility index (Phi) is 6.87. The molecular formula is C23H21ClN2O3. The summed E-state index contributed by atoms with van der Waals surface area (Å²) in [6, 6.07) is 21.2. The van der Waals surface area contributed by atoms with Crippen molar-refractivity contribution in [3.63, 3.8) is 0 Å². The van der Waals surface area contributed by atoms with E-state index in [1.54, 1.807) is 55.6 Å². The van der Waals surface area contributed by atoms with E-state index in [-0.39, 0.29) is 11.8 Å². The van der Waals surface area contributed by atoms with E-state index in [0.717, 1.165) is 5.56 Å². The molecule has 0 radical (unpaired) electrons. The molecule has 0 spiro atoms. The Balaban J connectivity index is 1.63. The molecule has 5 nitrogen and oxygen atoms in total. The molecule has 0 aliphatic rings. The van der Waals surface area contributed by atoms with E-state index in [9.17, 15) is 9.59 Å². The second-order valence-corrected chi connectivity index (χ2v) is 6.80. The van der Waals surface area contributed by atoms with Crippen LogP contribution < -0.4 is 15.4 Å². The van der Waals surface area contributed by atoms with Crippen molar-refractivity contribution in [3.8, 4) is 5.75 Å². The van der Waals surface area contributed by atoms with Crippen LogP contribution in [0.15, 0.2) is 72.8 Å². The van der Waals surface area contributed by atoms with Gasteiger partial charge in [0.05, 0.1) is 18.4 Å².